The van der Waals surface area contributed by atoms with E-state index in [9.17, 15) is 0 Å². The van der Waals surface area contributed by atoms with Crippen LogP contribution in [0, 0.1) is 6.92 Å². The van der Waals surface area contributed by atoms with Gasteiger partial charge < -0.3 is 9.30 Å². The number of aromatic nitrogens is 5. The lowest BCUT2D eigenvalue weighted by Crippen LogP contribution is -2.18. The normalized spacial score (nSPS) is 15.8. The van der Waals surface area contributed by atoms with E-state index in [1.54, 1.807) is 13.4 Å². The smallest absolute Gasteiger partial charge is 0.174 e. The molecule has 0 amide bonds. The summed E-state index contributed by atoms with van der Waals surface area (Å²) in [6.45, 7) is 2.91. The number of aryl methyl sites for hydroxylation is 2. The van der Waals surface area contributed by atoms with Gasteiger partial charge in [-0.15, -0.1) is 0 Å². The molecule has 0 radical (unpaired) electrons. The van der Waals surface area contributed by atoms with Gasteiger partial charge in [0.15, 0.2) is 5.82 Å². The van der Waals surface area contributed by atoms with Crippen molar-refractivity contribution in [1.29, 1.82) is 0 Å². The molecule has 1 atom stereocenters. The monoisotopic (exact) mass is 425 g/mol. The molecule has 0 saturated carbocycles. The first-order valence-corrected chi connectivity index (χ1v) is 11.1. The first-order valence-electron chi connectivity index (χ1n) is 11.1. The Labute approximate surface area is 188 Å². The van der Waals surface area contributed by atoms with Crippen LogP contribution >= 0.6 is 0 Å². The lowest BCUT2D eigenvalue weighted by molar-refractivity contribution is 0.413. The van der Waals surface area contributed by atoms with Crippen molar-refractivity contribution in [3.8, 4) is 11.4 Å². The Kier molecular flexibility index (Phi) is 5.58. The fraction of sp³-hybridized carbons (Fsp3) is 0.269. The zero-order chi connectivity index (χ0) is 21.9. The molecule has 6 nitrogen and oxygen atoms in total. The fourth-order valence-electron chi connectivity index (χ4n) is 4.35. The van der Waals surface area contributed by atoms with Crippen LogP contribution in [0.25, 0.3) is 17.8 Å². The molecule has 0 spiro atoms. The molecular weight excluding hydrogens is 398 g/mol. The topological polar surface area (TPSA) is 57.8 Å². The van der Waals surface area contributed by atoms with Gasteiger partial charge >= 0.3 is 0 Å². The number of ether oxygens (including phenoxy) is 1. The van der Waals surface area contributed by atoms with Crippen LogP contribution in [0.1, 0.15) is 47.2 Å². The first kappa shape index (κ1) is 20.2. The van der Waals surface area contributed by atoms with Crippen molar-refractivity contribution >= 4 is 12.2 Å². The van der Waals surface area contributed by atoms with Gasteiger partial charge in [-0.1, -0.05) is 42.5 Å². The van der Waals surface area contributed by atoms with Crippen LogP contribution in [0.2, 0.25) is 0 Å². The van der Waals surface area contributed by atoms with Crippen molar-refractivity contribution in [3.05, 3.63) is 89.5 Å². The van der Waals surface area contributed by atoms with Gasteiger partial charge in [-0.2, -0.15) is 5.10 Å². The van der Waals surface area contributed by atoms with Gasteiger partial charge in [-0.05, 0) is 55.5 Å². The van der Waals surface area contributed by atoms with E-state index in [1.807, 2.05) is 42.0 Å². The highest BCUT2D eigenvalue weighted by Gasteiger charge is 2.24. The molecule has 1 aliphatic rings. The van der Waals surface area contributed by atoms with E-state index in [0.717, 1.165) is 60.2 Å². The molecule has 0 unspecified atom stereocenters. The van der Waals surface area contributed by atoms with Gasteiger partial charge in [-0.3, -0.25) is 0 Å². The van der Waals surface area contributed by atoms with Crippen LogP contribution in [-0.2, 0) is 13.0 Å². The van der Waals surface area contributed by atoms with Crippen molar-refractivity contribution in [2.75, 3.05) is 7.11 Å². The van der Waals surface area contributed by atoms with Crippen LogP contribution in [0.3, 0.4) is 0 Å². The van der Waals surface area contributed by atoms with Gasteiger partial charge in [0.1, 0.15) is 11.6 Å². The summed E-state index contributed by atoms with van der Waals surface area (Å²) in [6.07, 6.45) is 11.1. The average Bonchev–Trinajstić information content (AvgIpc) is 3.44. The second-order valence-corrected chi connectivity index (χ2v) is 8.27. The molecule has 162 valence electrons. The standard InChI is InChI=1S/C26H27N5O/c1-19-17-30(18-27-19)23-12-10-21(16-24(23)32-2)11-13-25-28-26-22(9-6-14-31(26)29-25)15-20-7-4-3-5-8-20/h3-5,7-8,10-13,16-18,22H,6,9,14-15H2,1-2H3/b13-11+/t22-/m1/s1. The zero-order valence-electron chi connectivity index (χ0n) is 18.5. The average molecular weight is 426 g/mol. The van der Waals surface area contributed by atoms with E-state index in [2.05, 4.69) is 46.1 Å². The Balaban J connectivity index is 1.36. The molecule has 0 bridgehead atoms. The molecule has 6 heteroatoms. The van der Waals surface area contributed by atoms with Crippen LogP contribution in [-0.4, -0.2) is 31.4 Å². The number of benzene rings is 2. The Morgan fingerprint density at radius 2 is 2.00 bits per heavy atom. The molecule has 0 N–H and O–H groups in total. The summed E-state index contributed by atoms with van der Waals surface area (Å²) in [4.78, 5) is 9.18. The molecule has 0 saturated heterocycles. The Bertz CT molecular complexity index is 1240. The van der Waals surface area contributed by atoms with Gasteiger partial charge in [0, 0.05) is 18.7 Å². The SMILES string of the molecule is COc1cc(/C=C/c2nc3n(n2)CCC[C@@H]3Cc2ccccc2)ccc1-n1cnc(C)c1. The highest BCUT2D eigenvalue weighted by molar-refractivity contribution is 5.69. The lowest BCUT2D eigenvalue weighted by Gasteiger charge is -2.22. The number of hydrogen-bond acceptors (Lipinski definition) is 4. The minimum Gasteiger partial charge on any atom is -0.495 e. The largest absolute Gasteiger partial charge is 0.495 e. The Morgan fingerprint density at radius 1 is 1.12 bits per heavy atom. The summed E-state index contributed by atoms with van der Waals surface area (Å²) in [6, 6.07) is 16.8. The van der Waals surface area contributed by atoms with E-state index in [-0.39, 0.29) is 0 Å². The molecule has 5 rings (SSSR count). The maximum absolute atomic E-state index is 5.62. The van der Waals surface area contributed by atoms with Crippen molar-refractivity contribution in [2.24, 2.45) is 0 Å². The van der Waals surface area contributed by atoms with Crippen LogP contribution in [0.5, 0.6) is 5.75 Å². The van der Waals surface area contributed by atoms with Crippen molar-refractivity contribution < 1.29 is 4.74 Å². The predicted molar refractivity (Wildman–Crippen MR) is 126 cm³/mol. The summed E-state index contributed by atoms with van der Waals surface area (Å²) in [5, 5.41) is 4.74. The highest BCUT2D eigenvalue weighted by atomic mass is 16.5. The molecule has 2 aromatic heterocycles. The van der Waals surface area contributed by atoms with Crippen molar-refractivity contribution in [3.63, 3.8) is 0 Å². The number of nitrogens with zero attached hydrogens (tertiary/aromatic N) is 5. The first-order chi connectivity index (χ1) is 15.7. The summed E-state index contributed by atoms with van der Waals surface area (Å²) in [5.41, 5.74) is 4.32. The van der Waals surface area contributed by atoms with Crippen molar-refractivity contribution in [2.45, 2.75) is 38.6 Å². The number of fused-ring (bicyclic) bond motifs is 1. The summed E-state index contributed by atoms with van der Waals surface area (Å²) < 4.78 is 9.68. The van der Waals surface area contributed by atoms with E-state index in [1.165, 1.54) is 5.56 Å². The second-order valence-electron chi connectivity index (χ2n) is 8.27. The van der Waals surface area contributed by atoms with E-state index >= 15 is 0 Å². The minimum absolute atomic E-state index is 0.416. The van der Waals surface area contributed by atoms with E-state index in [0.29, 0.717) is 5.92 Å². The maximum atomic E-state index is 5.62. The van der Waals surface area contributed by atoms with E-state index < -0.39 is 0 Å². The highest BCUT2D eigenvalue weighted by Crippen LogP contribution is 2.30. The number of imidazole rings is 1. The number of rotatable bonds is 6. The molecule has 0 fully saturated rings. The number of methoxy groups -OCH3 is 1. The predicted octanol–water partition coefficient (Wildman–Crippen LogP) is 5.07. The van der Waals surface area contributed by atoms with Gasteiger partial charge in [0.2, 0.25) is 0 Å². The third kappa shape index (κ3) is 4.21. The molecule has 32 heavy (non-hydrogen) atoms. The van der Waals surface area contributed by atoms with E-state index in [4.69, 9.17) is 14.8 Å². The molecule has 1 aliphatic heterocycles. The molecule has 4 aromatic rings. The molecule has 0 aliphatic carbocycles. The Hall–Kier alpha value is -3.67. The molecule has 2 aromatic carbocycles. The molecule has 3 heterocycles. The van der Waals surface area contributed by atoms with Crippen molar-refractivity contribution in [1.82, 2.24) is 24.3 Å². The van der Waals surface area contributed by atoms with Crippen LogP contribution in [0.15, 0.2) is 61.1 Å². The molecular formula is C26H27N5O. The summed E-state index contributed by atoms with van der Waals surface area (Å²) >= 11 is 0. The quantitative estimate of drug-likeness (QED) is 0.433. The summed E-state index contributed by atoms with van der Waals surface area (Å²) in [7, 11) is 1.69. The third-order valence-corrected chi connectivity index (χ3v) is 5.95. The second kappa shape index (κ2) is 8.83. The van der Waals surface area contributed by atoms with Gasteiger partial charge in [-0.25, -0.2) is 14.6 Å². The van der Waals surface area contributed by atoms with Crippen LogP contribution < -0.4 is 4.74 Å². The van der Waals surface area contributed by atoms with Gasteiger partial charge in [0.05, 0.1) is 24.8 Å². The number of hydrogen-bond donors (Lipinski definition) is 0. The zero-order valence-corrected chi connectivity index (χ0v) is 18.5. The lowest BCUT2D eigenvalue weighted by atomic mass is 9.92. The van der Waals surface area contributed by atoms with Crippen LogP contribution in [0.4, 0.5) is 0 Å². The van der Waals surface area contributed by atoms with Gasteiger partial charge in [0.25, 0.3) is 0 Å². The minimum atomic E-state index is 0.416. The maximum Gasteiger partial charge on any atom is 0.174 e. The Morgan fingerprint density at radius 3 is 2.78 bits per heavy atom. The summed E-state index contributed by atoms with van der Waals surface area (Å²) in [5.74, 6) is 3.07. The fourth-order valence-corrected chi connectivity index (χ4v) is 4.35. The third-order valence-electron chi connectivity index (χ3n) is 5.95.